The summed E-state index contributed by atoms with van der Waals surface area (Å²) in [4.78, 5) is 4.26. The van der Waals surface area contributed by atoms with E-state index < -0.39 is 0 Å². The van der Waals surface area contributed by atoms with Crippen molar-refractivity contribution in [1.29, 1.82) is 0 Å². The maximum Gasteiger partial charge on any atom is 0.0706 e. The zero-order valence-electron chi connectivity index (χ0n) is 8.96. The number of hydrogen-bond acceptors (Lipinski definition) is 2. The average molecular weight is 240 g/mol. The summed E-state index contributed by atoms with van der Waals surface area (Å²) in [5, 5.41) is 1.83. The molecule has 0 aliphatic carbocycles. The molecular formula is C12H14ClNS. The second-order valence-corrected chi connectivity index (χ2v) is 4.82. The first-order valence-corrected chi connectivity index (χ1v) is 6.03. The van der Waals surface area contributed by atoms with Gasteiger partial charge in [0.25, 0.3) is 0 Å². The summed E-state index contributed by atoms with van der Waals surface area (Å²) in [7, 11) is 0. The Morgan fingerprint density at radius 2 is 2.07 bits per heavy atom. The number of hydrogen-bond donors (Lipinski definition) is 0. The maximum absolute atomic E-state index is 6.04. The van der Waals surface area contributed by atoms with Gasteiger partial charge >= 0.3 is 0 Å². The Bertz CT molecular complexity index is 385. The zero-order chi connectivity index (χ0) is 11.3. The van der Waals surface area contributed by atoms with Gasteiger partial charge in [-0.05, 0) is 25.5 Å². The van der Waals surface area contributed by atoms with Crippen LogP contribution >= 0.6 is 23.4 Å². The second-order valence-electron chi connectivity index (χ2n) is 3.25. The van der Waals surface area contributed by atoms with E-state index in [-0.39, 0.29) is 0 Å². The van der Waals surface area contributed by atoms with E-state index in [2.05, 4.69) is 11.6 Å². The van der Waals surface area contributed by atoms with Gasteiger partial charge in [0.1, 0.15) is 0 Å². The van der Waals surface area contributed by atoms with Gasteiger partial charge in [0, 0.05) is 16.5 Å². The quantitative estimate of drug-likeness (QED) is 0.558. The molecule has 0 radical (unpaired) electrons. The third-order valence-corrected chi connectivity index (χ3v) is 3.08. The summed E-state index contributed by atoms with van der Waals surface area (Å²) in [6, 6.07) is 7.87. The predicted octanol–water partition coefficient (Wildman–Crippen LogP) is 4.53. The highest BCUT2D eigenvalue weighted by Crippen LogP contribution is 2.21. The summed E-state index contributed by atoms with van der Waals surface area (Å²) in [5.74, 6) is 0.849. The van der Waals surface area contributed by atoms with Gasteiger partial charge in [-0.2, -0.15) is 0 Å². The van der Waals surface area contributed by atoms with Crippen LogP contribution in [0.25, 0.3) is 0 Å². The minimum Gasteiger partial charge on any atom is -0.252 e. The van der Waals surface area contributed by atoms with E-state index in [4.69, 9.17) is 11.6 Å². The van der Waals surface area contributed by atoms with Crippen molar-refractivity contribution < 1.29 is 0 Å². The Morgan fingerprint density at radius 3 is 2.67 bits per heavy atom. The third kappa shape index (κ3) is 4.54. The number of aliphatic imine (C=N–C) groups is 1. The molecular weight excluding hydrogens is 226 g/mol. The lowest BCUT2D eigenvalue weighted by Gasteiger charge is -2.03. The van der Waals surface area contributed by atoms with E-state index in [9.17, 15) is 0 Å². The lowest BCUT2D eigenvalue weighted by atomic mass is 10.2. The molecule has 80 valence electrons. The fourth-order valence-electron chi connectivity index (χ4n) is 1.10. The van der Waals surface area contributed by atoms with Gasteiger partial charge < -0.3 is 0 Å². The summed E-state index contributed by atoms with van der Waals surface area (Å²) in [5.41, 5.74) is 1.97. The fraction of sp³-hybridized carbons (Fsp3) is 0.250. The van der Waals surface area contributed by atoms with Crippen LogP contribution in [0.4, 0.5) is 0 Å². The summed E-state index contributed by atoms with van der Waals surface area (Å²) >= 11 is 7.72. The molecule has 1 nitrogen and oxygen atoms in total. The maximum atomic E-state index is 6.04. The Morgan fingerprint density at radius 1 is 1.40 bits per heavy atom. The van der Waals surface area contributed by atoms with Crippen molar-refractivity contribution in [3.05, 3.63) is 47.1 Å². The standard InChI is InChI=1S/C12H14ClNS/c1-9(2)14-10(3)15-8-11-6-4-5-7-12(11)13/h4-7H,1,8H2,2-3H3. The van der Waals surface area contributed by atoms with Gasteiger partial charge in [0.2, 0.25) is 0 Å². The van der Waals surface area contributed by atoms with Gasteiger partial charge in [-0.1, -0.05) is 36.4 Å². The molecule has 0 spiro atoms. The minimum absolute atomic E-state index is 0.813. The minimum atomic E-state index is 0.813. The lowest BCUT2D eigenvalue weighted by Crippen LogP contribution is -1.88. The van der Waals surface area contributed by atoms with E-state index in [1.54, 1.807) is 11.8 Å². The summed E-state index contributed by atoms with van der Waals surface area (Å²) in [6.45, 7) is 7.61. The van der Waals surface area contributed by atoms with Gasteiger partial charge in [-0.3, -0.25) is 4.99 Å². The zero-order valence-corrected chi connectivity index (χ0v) is 10.5. The van der Waals surface area contributed by atoms with Crippen LogP contribution in [0.3, 0.4) is 0 Å². The molecule has 0 aliphatic rings. The molecule has 1 aromatic rings. The number of rotatable bonds is 3. The van der Waals surface area contributed by atoms with Crippen LogP contribution in [0.5, 0.6) is 0 Å². The monoisotopic (exact) mass is 239 g/mol. The van der Waals surface area contributed by atoms with Crippen molar-refractivity contribution in [3.8, 4) is 0 Å². The van der Waals surface area contributed by atoms with E-state index in [1.165, 1.54) is 0 Å². The topological polar surface area (TPSA) is 12.4 Å². The molecule has 0 saturated heterocycles. The molecule has 0 fully saturated rings. The summed E-state index contributed by atoms with van der Waals surface area (Å²) in [6.07, 6.45) is 0. The molecule has 1 aromatic carbocycles. The van der Waals surface area contributed by atoms with Gasteiger partial charge in [0.15, 0.2) is 0 Å². The lowest BCUT2D eigenvalue weighted by molar-refractivity contribution is 1.33. The highest BCUT2D eigenvalue weighted by atomic mass is 35.5. The fourth-order valence-corrected chi connectivity index (χ4v) is 2.22. The predicted molar refractivity (Wildman–Crippen MR) is 70.7 cm³/mol. The Labute approximate surface area is 100 Å². The molecule has 0 N–H and O–H groups in total. The molecule has 0 bridgehead atoms. The van der Waals surface area contributed by atoms with Crippen LogP contribution in [0.1, 0.15) is 19.4 Å². The highest BCUT2D eigenvalue weighted by molar-refractivity contribution is 8.13. The SMILES string of the molecule is C=C(C)N=C(C)SCc1ccccc1Cl. The molecule has 0 amide bonds. The highest BCUT2D eigenvalue weighted by Gasteiger charge is 2.00. The van der Waals surface area contributed by atoms with Gasteiger partial charge in [-0.25, -0.2) is 0 Å². The first kappa shape index (κ1) is 12.3. The average Bonchev–Trinajstić information content (AvgIpc) is 2.15. The van der Waals surface area contributed by atoms with Crippen molar-refractivity contribution in [2.75, 3.05) is 0 Å². The molecule has 3 heteroatoms. The molecule has 0 atom stereocenters. The van der Waals surface area contributed by atoms with Gasteiger partial charge in [0.05, 0.1) is 5.04 Å². The molecule has 1 rings (SSSR count). The number of halogens is 1. The van der Waals surface area contributed by atoms with Crippen molar-refractivity contribution in [3.63, 3.8) is 0 Å². The van der Waals surface area contributed by atoms with Crippen molar-refractivity contribution in [2.45, 2.75) is 19.6 Å². The molecule has 0 saturated carbocycles. The number of nitrogens with zero attached hydrogens (tertiary/aromatic N) is 1. The number of benzene rings is 1. The molecule has 15 heavy (non-hydrogen) atoms. The van der Waals surface area contributed by atoms with E-state index in [0.717, 1.165) is 27.1 Å². The molecule has 0 aliphatic heterocycles. The normalized spacial score (nSPS) is 11.5. The van der Waals surface area contributed by atoms with Crippen LogP contribution < -0.4 is 0 Å². The second kappa shape index (κ2) is 5.99. The molecule has 0 unspecified atom stereocenters. The Hall–Kier alpha value is -0.730. The van der Waals surface area contributed by atoms with Crippen molar-refractivity contribution in [2.24, 2.45) is 4.99 Å². The summed E-state index contributed by atoms with van der Waals surface area (Å²) < 4.78 is 0. The number of thioether (sulfide) groups is 1. The van der Waals surface area contributed by atoms with Crippen LogP contribution in [-0.4, -0.2) is 5.04 Å². The van der Waals surface area contributed by atoms with E-state index >= 15 is 0 Å². The van der Waals surface area contributed by atoms with E-state index in [1.807, 2.05) is 38.1 Å². The Balaban J connectivity index is 2.58. The smallest absolute Gasteiger partial charge is 0.0706 e. The largest absolute Gasteiger partial charge is 0.252 e. The molecule has 0 aromatic heterocycles. The first-order valence-electron chi connectivity index (χ1n) is 4.66. The van der Waals surface area contributed by atoms with Crippen LogP contribution in [0, 0.1) is 0 Å². The van der Waals surface area contributed by atoms with Crippen molar-refractivity contribution in [1.82, 2.24) is 0 Å². The van der Waals surface area contributed by atoms with Crippen LogP contribution in [0.2, 0.25) is 5.02 Å². The van der Waals surface area contributed by atoms with Crippen LogP contribution in [0.15, 0.2) is 41.5 Å². The first-order chi connectivity index (χ1) is 7.09. The van der Waals surface area contributed by atoms with Crippen LogP contribution in [-0.2, 0) is 5.75 Å². The Kier molecular flexibility index (Phi) is 4.92. The third-order valence-electron chi connectivity index (χ3n) is 1.74. The van der Waals surface area contributed by atoms with E-state index in [0.29, 0.717) is 0 Å². The number of allylic oxidation sites excluding steroid dienone is 1. The van der Waals surface area contributed by atoms with Gasteiger partial charge in [-0.15, -0.1) is 11.8 Å². The van der Waals surface area contributed by atoms with Crippen molar-refractivity contribution >= 4 is 28.4 Å². The molecule has 0 heterocycles.